The Hall–Kier alpha value is -2.71. The number of ether oxygens (including phenoxy) is 1. The number of amides is 2. The van der Waals surface area contributed by atoms with Crippen molar-refractivity contribution in [1.82, 2.24) is 24.9 Å². The number of nitrogens with one attached hydrogen (secondary N) is 1. The van der Waals surface area contributed by atoms with Crippen molar-refractivity contribution in [2.24, 2.45) is 0 Å². The molecule has 0 saturated carbocycles. The number of aromatic nitrogens is 2. The van der Waals surface area contributed by atoms with Gasteiger partial charge in [0, 0.05) is 59.1 Å². The molecule has 0 bridgehead atoms. The molecule has 1 N–H and O–H groups in total. The van der Waals surface area contributed by atoms with Crippen LogP contribution in [-0.4, -0.2) is 84.4 Å². The lowest BCUT2D eigenvalue weighted by Gasteiger charge is -2.34. The number of aryl methyl sites for hydroxylation is 1. The minimum atomic E-state index is 0.0290. The van der Waals surface area contributed by atoms with E-state index in [1.807, 2.05) is 52.3 Å². The van der Waals surface area contributed by atoms with Gasteiger partial charge in [-0.15, -0.1) is 0 Å². The van der Waals surface area contributed by atoms with E-state index in [-0.39, 0.29) is 11.8 Å². The molecule has 1 aliphatic heterocycles. The topological polar surface area (TPSA) is 79.7 Å². The van der Waals surface area contributed by atoms with E-state index >= 15 is 0 Å². The molecule has 1 fully saturated rings. The fourth-order valence-corrected chi connectivity index (χ4v) is 3.48. The Morgan fingerprint density at radius 3 is 2.63 bits per heavy atom. The van der Waals surface area contributed by atoms with Gasteiger partial charge >= 0.3 is 0 Å². The van der Waals surface area contributed by atoms with Gasteiger partial charge in [-0.2, -0.15) is 5.10 Å². The van der Waals surface area contributed by atoms with Crippen LogP contribution in [-0.2, 0) is 20.7 Å². The number of hydrogen-bond acceptors (Lipinski definition) is 5. The zero-order valence-corrected chi connectivity index (χ0v) is 17.6. The average Bonchev–Trinajstić information content (AvgIpc) is 3.25. The molecule has 3 rings (SSSR count). The molecule has 0 aliphatic carbocycles. The van der Waals surface area contributed by atoms with Gasteiger partial charge in [0.25, 0.3) is 0 Å². The lowest BCUT2D eigenvalue weighted by Crippen LogP contribution is -2.51. The van der Waals surface area contributed by atoms with Gasteiger partial charge < -0.3 is 15.0 Å². The molecule has 0 radical (unpaired) electrons. The zero-order chi connectivity index (χ0) is 21.2. The third kappa shape index (κ3) is 6.67. The summed E-state index contributed by atoms with van der Waals surface area (Å²) in [6.45, 7) is 4.44. The highest BCUT2D eigenvalue weighted by molar-refractivity contribution is 5.78. The Morgan fingerprint density at radius 2 is 1.90 bits per heavy atom. The van der Waals surface area contributed by atoms with Crippen LogP contribution in [0.15, 0.2) is 42.7 Å². The molecule has 0 unspecified atom stereocenters. The predicted octanol–water partition coefficient (Wildman–Crippen LogP) is 1.10. The van der Waals surface area contributed by atoms with Crippen molar-refractivity contribution in [3.8, 4) is 5.69 Å². The standard InChI is InChI=1S/C22H31N5O3/c1-30-15-5-10-23-21(28)18-25-11-13-26(14-12-25)22(29)9-8-19-16-24-27(17-19)20-6-3-2-4-7-20/h2-4,6-7,16-17H,5,8-15,18H2,1H3,(H,23,28). The summed E-state index contributed by atoms with van der Waals surface area (Å²) in [7, 11) is 1.65. The summed E-state index contributed by atoms with van der Waals surface area (Å²) in [6, 6.07) is 9.93. The summed E-state index contributed by atoms with van der Waals surface area (Å²) in [5.41, 5.74) is 2.06. The minimum absolute atomic E-state index is 0.0290. The van der Waals surface area contributed by atoms with Crippen LogP contribution in [0.1, 0.15) is 18.4 Å². The summed E-state index contributed by atoms with van der Waals surface area (Å²) in [5.74, 6) is 0.187. The Bertz CT molecular complexity index is 800. The maximum absolute atomic E-state index is 12.6. The highest BCUT2D eigenvalue weighted by Crippen LogP contribution is 2.11. The Morgan fingerprint density at radius 1 is 1.13 bits per heavy atom. The molecule has 1 aliphatic rings. The number of carbonyl (C=O) groups excluding carboxylic acids is 2. The van der Waals surface area contributed by atoms with Gasteiger partial charge in [-0.05, 0) is 30.5 Å². The van der Waals surface area contributed by atoms with Gasteiger partial charge in [0.15, 0.2) is 0 Å². The molecule has 2 heterocycles. The number of para-hydroxylation sites is 1. The second-order valence-corrected chi connectivity index (χ2v) is 7.48. The molecule has 1 aromatic carbocycles. The second kappa shape index (κ2) is 11.5. The first-order valence-electron chi connectivity index (χ1n) is 10.5. The average molecular weight is 414 g/mol. The number of rotatable bonds is 10. The van der Waals surface area contributed by atoms with Crippen LogP contribution in [0.5, 0.6) is 0 Å². The molecule has 1 saturated heterocycles. The van der Waals surface area contributed by atoms with Gasteiger partial charge in [-0.25, -0.2) is 4.68 Å². The maximum atomic E-state index is 12.6. The van der Waals surface area contributed by atoms with E-state index in [2.05, 4.69) is 15.3 Å². The lowest BCUT2D eigenvalue weighted by molar-refractivity contribution is -0.133. The molecule has 0 atom stereocenters. The molecule has 8 heteroatoms. The maximum Gasteiger partial charge on any atom is 0.234 e. The minimum Gasteiger partial charge on any atom is -0.385 e. The second-order valence-electron chi connectivity index (χ2n) is 7.48. The number of hydrogen-bond donors (Lipinski definition) is 1. The van der Waals surface area contributed by atoms with E-state index < -0.39 is 0 Å². The van der Waals surface area contributed by atoms with E-state index in [1.165, 1.54) is 0 Å². The van der Waals surface area contributed by atoms with E-state index in [0.29, 0.717) is 45.6 Å². The number of piperazine rings is 1. The molecule has 2 aromatic rings. The number of methoxy groups -OCH3 is 1. The van der Waals surface area contributed by atoms with Crippen molar-refractivity contribution in [2.75, 3.05) is 53.0 Å². The van der Waals surface area contributed by atoms with E-state index in [1.54, 1.807) is 7.11 Å². The number of carbonyl (C=O) groups is 2. The molecule has 162 valence electrons. The fourth-order valence-electron chi connectivity index (χ4n) is 3.48. The monoisotopic (exact) mass is 413 g/mol. The van der Waals surface area contributed by atoms with Crippen molar-refractivity contribution < 1.29 is 14.3 Å². The van der Waals surface area contributed by atoms with Crippen molar-refractivity contribution in [1.29, 1.82) is 0 Å². The smallest absolute Gasteiger partial charge is 0.234 e. The van der Waals surface area contributed by atoms with Crippen molar-refractivity contribution in [3.63, 3.8) is 0 Å². The highest BCUT2D eigenvalue weighted by Gasteiger charge is 2.22. The fraction of sp³-hybridized carbons (Fsp3) is 0.500. The Balaban J connectivity index is 1.35. The number of nitrogens with zero attached hydrogens (tertiary/aromatic N) is 4. The van der Waals surface area contributed by atoms with Crippen LogP contribution in [0.4, 0.5) is 0 Å². The van der Waals surface area contributed by atoms with Crippen LogP contribution in [0, 0.1) is 0 Å². The molecule has 30 heavy (non-hydrogen) atoms. The molecular weight excluding hydrogens is 382 g/mol. The predicted molar refractivity (Wildman–Crippen MR) is 114 cm³/mol. The van der Waals surface area contributed by atoms with Crippen LogP contribution in [0.2, 0.25) is 0 Å². The van der Waals surface area contributed by atoms with Gasteiger partial charge in [-0.3, -0.25) is 14.5 Å². The first kappa shape index (κ1) is 22.0. The van der Waals surface area contributed by atoms with Crippen molar-refractivity contribution >= 4 is 11.8 Å². The molecular formula is C22H31N5O3. The van der Waals surface area contributed by atoms with Gasteiger partial charge in [0.05, 0.1) is 18.4 Å². The summed E-state index contributed by atoms with van der Waals surface area (Å²) in [5, 5.41) is 7.29. The molecule has 0 spiro atoms. The first-order chi connectivity index (χ1) is 14.7. The van der Waals surface area contributed by atoms with E-state index in [0.717, 1.165) is 30.8 Å². The third-order valence-corrected chi connectivity index (χ3v) is 5.22. The van der Waals surface area contributed by atoms with Crippen LogP contribution in [0.3, 0.4) is 0 Å². The van der Waals surface area contributed by atoms with Crippen LogP contribution in [0.25, 0.3) is 5.69 Å². The first-order valence-corrected chi connectivity index (χ1v) is 10.5. The van der Waals surface area contributed by atoms with Crippen LogP contribution < -0.4 is 5.32 Å². The van der Waals surface area contributed by atoms with Crippen LogP contribution >= 0.6 is 0 Å². The number of benzene rings is 1. The lowest BCUT2D eigenvalue weighted by atomic mass is 10.1. The van der Waals surface area contributed by atoms with E-state index in [4.69, 9.17) is 4.74 Å². The van der Waals surface area contributed by atoms with Gasteiger partial charge in [0.1, 0.15) is 0 Å². The third-order valence-electron chi connectivity index (χ3n) is 5.22. The molecule has 8 nitrogen and oxygen atoms in total. The summed E-state index contributed by atoms with van der Waals surface area (Å²) < 4.78 is 6.81. The Labute approximate surface area is 177 Å². The van der Waals surface area contributed by atoms with Crippen molar-refractivity contribution in [2.45, 2.75) is 19.3 Å². The molecule has 1 aromatic heterocycles. The Kier molecular flexibility index (Phi) is 8.41. The van der Waals surface area contributed by atoms with Crippen molar-refractivity contribution in [3.05, 3.63) is 48.3 Å². The SMILES string of the molecule is COCCCNC(=O)CN1CCN(C(=O)CCc2cnn(-c3ccccc3)c2)CC1. The van der Waals surface area contributed by atoms with Gasteiger partial charge in [-0.1, -0.05) is 18.2 Å². The summed E-state index contributed by atoms with van der Waals surface area (Å²) in [4.78, 5) is 28.5. The normalized spacial score (nSPS) is 14.6. The summed E-state index contributed by atoms with van der Waals surface area (Å²) in [6.07, 6.45) is 5.76. The quantitative estimate of drug-likeness (QED) is 0.590. The summed E-state index contributed by atoms with van der Waals surface area (Å²) >= 11 is 0. The largest absolute Gasteiger partial charge is 0.385 e. The van der Waals surface area contributed by atoms with Gasteiger partial charge in [0.2, 0.25) is 11.8 Å². The zero-order valence-electron chi connectivity index (χ0n) is 17.6. The highest BCUT2D eigenvalue weighted by atomic mass is 16.5. The van der Waals surface area contributed by atoms with E-state index in [9.17, 15) is 9.59 Å². The molecule has 2 amide bonds.